The third-order valence-electron chi connectivity index (χ3n) is 4.10. The Bertz CT molecular complexity index is 591. The molecule has 0 amide bonds. The van der Waals surface area contributed by atoms with Crippen molar-refractivity contribution in [3.05, 3.63) is 24.5 Å². The predicted molar refractivity (Wildman–Crippen MR) is 74.3 cm³/mol. The van der Waals surface area contributed by atoms with Crippen LogP contribution in [0.1, 0.15) is 18.9 Å². The minimum absolute atomic E-state index is 0.395. The van der Waals surface area contributed by atoms with Crippen molar-refractivity contribution >= 4 is 5.95 Å². The Morgan fingerprint density at radius 2 is 2.35 bits per heavy atom. The summed E-state index contributed by atoms with van der Waals surface area (Å²) in [5.41, 5.74) is 0.956. The van der Waals surface area contributed by atoms with Gasteiger partial charge < -0.3 is 10.1 Å². The number of rotatable bonds is 2. The second-order valence-corrected chi connectivity index (χ2v) is 5.35. The second-order valence-electron chi connectivity index (χ2n) is 5.35. The van der Waals surface area contributed by atoms with Crippen LogP contribution >= 0.6 is 0 Å². The smallest absolute Gasteiger partial charge is 0.221 e. The van der Waals surface area contributed by atoms with Crippen LogP contribution in [0.25, 0.3) is 11.4 Å². The molecule has 0 aromatic carbocycles. The molecule has 6 heteroatoms. The number of hydrogen-bond donors (Lipinski definition) is 1. The highest BCUT2D eigenvalue weighted by molar-refractivity contribution is 5.55. The van der Waals surface area contributed by atoms with Gasteiger partial charge in [0.1, 0.15) is 0 Å². The molecule has 0 aliphatic carbocycles. The first-order chi connectivity index (χ1) is 9.92. The van der Waals surface area contributed by atoms with E-state index in [4.69, 9.17) is 9.84 Å². The highest BCUT2D eigenvalue weighted by atomic mass is 16.5. The SMILES string of the molecule is c1cncc(-c2nc3n(n2)C(C2CCOC2)CCN3)c1. The van der Waals surface area contributed by atoms with Gasteiger partial charge in [-0.05, 0) is 25.0 Å². The van der Waals surface area contributed by atoms with Gasteiger partial charge in [-0.25, -0.2) is 4.68 Å². The van der Waals surface area contributed by atoms with Crippen molar-refractivity contribution in [2.75, 3.05) is 25.1 Å². The molecule has 2 aliphatic rings. The lowest BCUT2D eigenvalue weighted by Gasteiger charge is -2.28. The monoisotopic (exact) mass is 271 g/mol. The number of pyridine rings is 1. The van der Waals surface area contributed by atoms with Gasteiger partial charge in [-0.15, -0.1) is 5.10 Å². The molecule has 1 fully saturated rings. The first-order valence-electron chi connectivity index (χ1n) is 7.10. The average Bonchev–Trinajstić information content (AvgIpc) is 3.17. The minimum Gasteiger partial charge on any atom is -0.381 e. The summed E-state index contributed by atoms with van der Waals surface area (Å²) < 4.78 is 7.57. The summed E-state index contributed by atoms with van der Waals surface area (Å²) >= 11 is 0. The molecule has 0 spiro atoms. The van der Waals surface area contributed by atoms with Crippen molar-refractivity contribution in [2.45, 2.75) is 18.9 Å². The molecule has 104 valence electrons. The van der Waals surface area contributed by atoms with Gasteiger partial charge in [0, 0.05) is 37.0 Å². The molecule has 20 heavy (non-hydrogen) atoms. The fraction of sp³-hybridized carbons (Fsp3) is 0.500. The lowest BCUT2D eigenvalue weighted by molar-refractivity contribution is 0.167. The Hall–Kier alpha value is -1.95. The van der Waals surface area contributed by atoms with Gasteiger partial charge in [0.25, 0.3) is 0 Å². The first-order valence-corrected chi connectivity index (χ1v) is 7.10. The van der Waals surface area contributed by atoms with Crippen LogP contribution in [0.3, 0.4) is 0 Å². The zero-order valence-electron chi connectivity index (χ0n) is 11.2. The summed E-state index contributed by atoms with van der Waals surface area (Å²) in [5, 5.41) is 8.03. The predicted octanol–water partition coefficient (Wildman–Crippen LogP) is 1.73. The van der Waals surface area contributed by atoms with E-state index in [-0.39, 0.29) is 0 Å². The third-order valence-corrected chi connectivity index (χ3v) is 4.10. The number of nitrogens with zero attached hydrogens (tertiary/aromatic N) is 4. The maximum Gasteiger partial charge on any atom is 0.221 e. The molecule has 4 rings (SSSR count). The molecule has 2 aliphatic heterocycles. The van der Waals surface area contributed by atoms with Crippen LogP contribution in [-0.4, -0.2) is 39.5 Å². The van der Waals surface area contributed by atoms with Crippen molar-refractivity contribution in [2.24, 2.45) is 5.92 Å². The number of anilines is 1. The number of fused-ring (bicyclic) bond motifs is 1. The number of hydrogen-bond acceptors (Lipinski definition) is 5. The molecular weight excluding hydrogens is 254 g/mol. The maximum absolute atomic E-state index is 5.52. The van der Waals surface area contributed by atoms with E-state index >= 15 is 0 Å². The largest absolute Gasteiger partial charge is 0.381 e. The molecule has 2 aromatic rings. The van der Waals surface area contributed by atoms with Gasteiger partial charge in [0.15, 0.2) is 5.82 Å². The molecule has 1 saturated heterocycles. The Morgan fingerprint density at radius 3 is 3.15 bits per heavy atom. The maximum atomic E-state index is 5.52. The Kier molecular flexibility index (Phi) is 2.88. The quantitative estimate of drug-likeness (QED) is 0.901. The summed E-state index contributed by atoms with van der Waals surface area (Å²) in [5.74, 6) is 2.16. The molecule has 0 bridgehead atoms. The molecule has 4 heterocycles. The van der Waals surface area contributed by atoms with E-state index in [9.17, 15) is 0 Å². The van der Waals surface area contributed by atoms with Gasteiger partial charge in [0.2, 0.25) is 5.95 Å². The molecule has 2 unspecified atom stereocenters. The Balaban J connectivity index is 1.70. The Morgan fingerprint density at radius 1 is 1.35 bits per heavy atom. The Labute approximate surface area is 117 Å². The standard InChI is InChI=1S/C14H17N5O/c1-2-10(8-15-5-1)13-17-14-16-6-3-12(19(14)18-13)11-4-7-20-9-11/h1-2,5,8,11-12H,3-4,6-7,9H2,(H,16,17,18). The van der Waals surface area contributed by atoms with E-state index in [1.807, 2.05) is 16.8 Å². The first kappa shape index (κ1) is 11.8. The van der Waals surface area contributed by atoms with Gasteiger partial charge in [-0.3, -0.25) is 4.98 Å². The number of aromatic nitrogens is 4. The van der Waals surface area contributed by atoms with E-state index in [2.05, 4.69) is 15.3 Å². The fourth-order valence-corrected chi connectivity index (χ4v) is 3.04. The van der Waals surface area contributed by atoms with Crippen molar-refractivity contribution in [3.8, 4) is 11.4 Å². The summed E-state index contributed by atoms with van der Waals surface area (Å²) in [7, 11) is 0. The molecule has 2 aromatic heterocycles. The van der Waals surface area contributed by atoms with Gasteiger partial charge in [-0.2, -0.15) is 4.98 Å². The van der Waals surface area contributed by atoms with Crippen molar-refractivity contribution < 1.29 is 4.74 Å². The zero-order chi connectivity index (χ0) is 13.4. The van der Waals surface area contributed by atoms with Crippen molar-refractivity contribution in [1.82, 2.24) is 19.7 Å². The van der Waals surface area contributed by atoms with Gasteiger partial charge in [0.05, 0.1) is 12.6 Å². The van der Waals surface area contributed by atoms with Crippen LogP contribution in [0.15, 0.2) is 24.5 Å². The summed E-state index contributed by atoms with van der Waals surface area (Å²) in [6.45, 7) is 2.66. The lowest BCUT2D eigenvalue weighted by atomic mass is 9.95. The number of ether oxygens (including phenoxy) is 1. The van der Waals surface area contributed by atoms with Crippen LogP contribution in [0.2, 0.25) is 0 Å². The zero-order valence-corrected chi connectivity index (χ0v) is 11.2. The van der Waals surface area contributed by atoms with E-state index in [0.717, 1.165) is 49.9 Å². The van der Waals surface area contributed by atoms with E-state index < -0.39 is 0 Å². The lowest BCUT2D eigenvalue weighted by Crippen LogP contribution is -2.29. The molecule has 0 radical (unpaired) electrons. The van der Waals surface area contributed by atoms with Gasteiger partial charge >= 0.3 is 0 Å². The van der Waals surface area contributed by atoms with Crippen LogP contribution in [0.5, 0.6) is 0 Å². The average molecular weight is 271 g/mol. The van der Waals surface area contributed by atoms with Gasteiger partial charge in [-0.1, -0.05) is 0 Å². The van der Waals surface area contributed by atoms with E-state index in [0.29, 0.717) is 12.0 Å². The normalized spacial score (nSPS) is 25.2. The topological polar surface area (TPSA) is 64.9 Å². The molecular formula is C14H17N5O. The van der Waals surface area contributed by atoms with Crippen molar-refractivity contribution in [1.29, 1.82) is 0 Å². The van der Waals surface area contributed by atoms with Crippen LogP contribution in [0.4, 0.5) is 5.95 Å². The fourth-order valence-electron chi connectivity index (χ4n) is 3.04. The molecule has 1 N–H and O–H groups in total. The summed E-state index contributed by atoms with van der Waals surface area (Å²) in [6.07, 6.45) is 5.76. The highest BCUT2D eigenvalue weighted by Gasteiger charge is 2.32. The van der Waals surface area contributed by atoms with E-state index in [1.165, 1.54) is 0 Å². The summed E-state index contributed by atoms with van der Waals surface area (Å²) in [6, 6.07) is 4.29. The third kappa shape index (κ3) is 1.96. The highest BCUT2D eigenvalue weighted by Crippen LogP contribution is 2.34. The minimum atomic E-state index is 0.395. The number of nitrogens with one attached hydrogen (secondary N) is 1. The molecule has 0 saturated carbocycles. The second kappa shape index (κ2) is 4.86. The molecule has 6 nitrogen and oxygen atoms in total. The van der Waals surface area contributed by atoms with Crippen LogP contribution < -0.4 is 5.32 Å². The van der Waals surface area contributed by atoms with Crippen molar-refractivity contribution in [3.63, 3.8) is 0 Å². The van der Waals surface area contributed by atoms with Crippen LogP contribution in [0, 0.1) is 5.92 Å². The van der Waals surface area contributed by atoms with E-state index in [1.54, 1.807) is 12.4 Å². The molecule has 2 atom stereocenters. The summed E-state index contributed by atoms with van der Waals surface area (Å²) in [4.78, 5) is 8.74. The van der Waals surface area contributed by atoms with Crippen LogP contribution in [-0.2, 0) is 4.74 Å².